The van der Waals surface area contributed by atoms with E-state index in [-0.39, 0.29) is 18.2 Å². The van der Waals surface area contributed by atoms with Crippen molar-refractivity contribution in [3.05, 3.63) is 70.2 Å². The van der Waals surface area contributed by atoms with Crippen LogP contribution in [-0.2, 0) is 16.0 Å². The zero-order valence-corrected chi connectivity index (χ0v) is 18.8. The smallest absolute Gasteiger partial charge is 0.231 e. The average Bonchev–Trinajstić information content (AvgIpc) is 3.36. The molecule has 160 valence electrons. The lowest BCUT2D eigenvalue weighted by Gasteiger charge is -2.19. The summed E-state index contributed by atoms with van der Waals surface area (Å²) in [4.78, 5) is 27.1. The first-order valence-corrected chi connectivity index (χ1v) is 11.3. The van der Waals surface area contributed by atoms with Gasteiger partial charge in [-0.3, -0.25) is 9.59 Å². The molecule has 0 bridgehead atoms. The molecule has 1 aliphatic heterocycles. The minimum absolute atomic E-state index is 0.0245. The van der Waals surface area contributed by atoms with Crippen molar-refractivity contribution in [2.24, 2.45) is 5.92 Å². The molecule has 2 heterocycles. The molecule has 2 unspecified atom stereocenters. The van der Waals surface area contributed by atoms with Gasteiger partial charge in [-0.2, -0.15) is 0 Å². The fourth-order valence-corrected chi connectivity index (χ4v) is 4.75. The zero-order valence-electron chi connectivity index (χ0n) is 18.0. The number of rotatable bonds is 6. The van der Waals surface area contributed by atoms with Crippen LogP contribution < -0.4 is 10.2 Å². The van der Waals surface area contributed by atoms with Crippen molar-refractivity contribution >= 4 is 34.0 Å². The van der Waals surface area contributed by atoms with E-state index in [2.05, 4.69) is 34.6 Å². The Balaban J connectivity index is 1.38. The highest BCUT2D eigenvalue weighted by Gasteiger charge is 2.36. The summed E-state index contributed by atoms with van der Waals surface area (Å²) < 4.78 is 0. The van der Waals surface area contributed by atoms with E-state index < -0.39 is 5.92 Å². The lowest BCUT2D eigenvalue weighted by Crippen LogP contribution is -2.28. The number of aryl methyl sites for hydroxylation is 2. The highest BCUT2D eigenvalue weighted by molar-refractivity contribution is 7.15. The van der Waals surface area contributed by atoms with Crippen molar-refractivity contribution in [2.45, 2.75) is 39.5 Å². The Labute approximate surface area is 186 Å². The Morgan fingerprint density at radius 2 is 1.97 bits per heavy atom. The van der Waals surface area contributed by atoms with E-state index in [0.717, 1.165) is 28.2 Å². The molecule has 4 rings (SSSR count). The predicted octanol–water partition coefficient (Wildman–Crippen LogP) is 4.49. The lowest BCUT2D eigenvalue weighted by atomic mass is 9.98. The topological polar surface area (TPSA) is 75.2 Å². The summed E-state index contributed by atoms with van der Waals surface area (Å²) in [6, 6.07) is 16.3. The van der Waals surface area contributed by atoms with Crippen molar-refractivity contribution in [3.63, 3.8) is 0 Å². The first-order valence-electron chi connectivity index (χ1n) is 10.5. The van der Waals surface area contributed by atoms with Gasteiger partial charge >= 0.3 is 0 Å². The number of carbonyl (C=O) groups is 2. The summed E-state index contributed by atoms with van der Waals surface area (Å²) in [6.07, 6.45) is 0.968. The second-order valence-electron chi connectivity index (χ2n) is 8.20. The molecule has 0 radical (unpaired) electrons. The molecule has 0 aliphatic carbocycles. The first-order chi connectivity index (χ1) is 14.9. The van der Waals surface area contributed by atoms with Crippen LogP contribution in [-0.4, -0.2) is 28.6 Å². The van der Waals surface area contributed by atoms with Gasteiger partial charge in [-0.1, -0.05) is 60.7 Å². The van der Waals surface area contributed by atoms with E-state index in [4.69, 9.17) is 0 Å². The number of benzene rings is 2. The van der Waals surface area contributed by atoms with Gasteiger partial charge in [0.05, 0.1) is 5.92 Å². The molecule has 0 saturated carbocycles. The Kier molecular flexibility index (Phi) is 6.13. The van der Waals surface area contributed by atoms with Gasteiger partial charge in [0, 0.05) is 25.1 Å². The van der Waals surface area contributed by atoms with Gasteiger partial charge in [0.1, 0.15) is 5.01 Å². The fraction of sp³-hybridized carbons (Fsp3) is 0.333. The third kappa shape index (κ3) is 4.82. The Hall–Kier alpha value is -3.06. The van der Waals surface area contributed by atoms with Crippen LogP contribution in [0, 0.1) is 19.8 Å². The maximum Gasteiger partial charge on any atom is 0.231 e. The van der Waals surface area contributed by atoms with E-state index >= 15 is 0 Å². The van der Waals surface area contributed by atoms with Crippen molar-refractivity contribution < 1.29 is 9.59 Å². The first kappa shape index (κ1) is 21.2. The normalized spacial score (nSPS) is 17.1. The van der Waals surface area contributed by atoms with Crippen molar-refractivity contribution in [2.75, 3.05) is 16.8 Å². The summed E-state index contributed by atoms with van der Waals surface area (Å²) in [6.45, 7) is 6.51. The monoisotopic (exact) mass is 434 g/mol. The summed E-state index contributed by atoms with van der Waals surface area (Å²) in [5, 5.41) is 12.6. The molecule has 6 nitrogen and oxygen atoms in total. The van der Waals surface area contributed by atoms with Gasteiger partial charge < -0.3 is 10.2 Å². The molecule has 1 saturated heterocycles. The van der Waals surface area contributed by atoms with Crippen LogP contribution in [0.25, 0.3) is 0 Å². The molecule has 1 N–H and O–H groups in total. The van der Waals surface area contributed by atoms with Crippen LogP contribution in [0.2, 0.25) is 0 Å². The number of amides is 2. The number of hydrogen-bond donors (Lipinski definition) is 1. The lowest BCUT2D eigenvalue weighted by molar-refractivity contribution is -0.122. The predicted molar refractivity (Wildman–Crippen MR) is 123 cm³/mol. The maximum atomic E-state index is 12.8. The van der Waals surface area contributed by atoms with Gasteiger partial charge in [0.2, 0.25) is 16.9 Å². The largest absolute Gasteiger partial charge is 0.311 e. The number of nitrogens with zero attached hydrogens (tertiary/aromatic N) is 3. The zero-order chi connectivity index (χ0) is 22.0. The fourth-order valence-electron chi connectivity index (χ4n) is 3.88. The number of aromatic nitrogens is 2. The summed E-state index contributed by atoms with van der Waals surface area (Å²) in [7, 11) is 0. The number of nitrogens with one attached hydrogen (secondary N) is 1. The molecule has 2 amide bonds. The molecule has 31 heavy (non-hydrogen) atoms. The van der Waals surface area contributed by atoms with E-state index in [9.17, 15) is 9.59 Å². The quantitative estimate of drug-likeness (QED) is 0.620. The molecule has 0 spiro atoms. The Bertz CT molecular complexity index is 1100. The van der Waals surface area contributed by atoms with Crippen molar-refractivity contribution in [3.8, 4) is 0 Å². The minimum Gasteiger partial charge on any atom is -0.311 e. The summed E-state index contributed by atoms with van der Waals surface area (Å²) in [5.74, 6) is -0.289. The van der Waals surface area contributed by atoms with Crippen LogP contribution in [0.1, 0.15) is 41.0 Å². The third-order valence-electron chi connectivity index (χ3n) is 5.70. The van der Waals surface area contributed by atoms with Crippen LogP contribution in [0.3, 0.4) is 0 Å². The Morgan fingerprint density at radius 1 is 1.19 bits per heavy atom. The summed E-state index contributed by atoms with van der Waals surface area (Å²) >= 11 is 1.39. The SMILES string of the molecule is Cc1ccc(C)c(N2CC(C(=O)Nc3nnc(CC(C)c4ccccc4)s3)CC2=O)c1. The van der Waals surface area contributed by atoms with E-state index in [1.807, 2.05) is 50.2 Å². The van der Waals surface area contributed by atoms with Crippen molar-refractivity contribution in [1.29, 1.82) is 0 Å². The average molecular weight is 435 g/mol. The number of anilines is 2. The molecule has 2 aromatic carbocycles. The molecule has 7 heteroatoms. The van der Waals surface area contributed by atoms with Gasteiger partial charge in [-0.15, -0.1) is 10.2 Å². The van der Waals surface area contributed by atoms with Gasteiger partial charge in [0.15, 0.2) is 0 Å². The van der Waals surface area contributed by atoms with E-state index in [1.165, 1.54) is 16.9 Å². The second-order valence-corrected chi connectivity index (χ2v) is 9.26. The Morgan fingerprint density at radius 3 is 2.74 bits per heavy atom. The highest BCUT2D eigenvalue weighted by atomic mass is 32.1. The molecule has 1 aliphatic rings. The van der Waals surface area contributed by atoms with E-state index in [1.54, 1.807) is 4.90 Å². The van der Waals surface area contributed by atoms with E-state index in [0.29, 0.717) is 17.6 Å². The maximum absolute atomic E-state index is 12.8. The van der Waals surface area contributed by atoms with Crippen LogP contribution in [0.5, 0.6) is 0 Å². The molecule has 3 aromatic rings. The molecule has 2 atom stereocenters. The van der Waals surface area contributed by atoms with Crippen LogP contribution in [0.4, 0.5) is 10.8 Å². The molecular formula is C24H26N4O2S. The van der Waals surface area contributed by atoms with Gasteiger partial charge in [0.25, 0.3) is 0 Å². The van der Waals surface area contributed by atoms with Crippen LogP contribution >= 0.6 is 11.3 Å². The highest BCUT2D eigenvalue weighted by Crippen LogP contribution is 2.30. The molecule has 1 aromatic heterocycles. The van der Waals surface area contributed by atoms with Crippen LogP contribution in [0.15, 0.2) is 48.5 Å². The van der Waals surface area contributed by atoms with Gasteiger partial charge in [-0.25, -0.2) is 0 Å². The number of carbonyl (C=O) groups excluding carboxylic acids is 2. The molecular weight excluding hydrogens is 408 g/mol. The van der Waals surface area contributed by atoms with Gasteiger partial charge in [-0.05, 0) is 42.5 Å². The minimum atomic E-state index is -0.400. The van der Waals surface area contributed by atoms with Crippen molar-refractivity contribution in [1.82, 2.24) is 10.2 Å². The molecule has 1 fully saturated rings. The second kappa shape index (κ2) is 8.98. The summed E-state index contributed by atoms with van der Waals surface area (Å²) in [5.41, 5.74) is 4.25. The number of hydrogen-bond acceptors (Lipinski definition) is 5. The third-order valence-corrected chi connectivity index (χ3v) is 6.56. The standard InChI is InChI=1S/C24H26N4O2S/c1-15-9-10-16(2)20(11-15)28-14-19(13-22(28)29)23(30)25-24-27-26-21(31-24)12-17(3)18-7-5-4-6-8-18/h4-11,17,19H,12-14H2,1-3H3,(H,25,27,30).